The van der Waals surface area contributed by atoms with Crippen LogP contribution in [0.25, 0.3) is 0 Å². The third-order valence-electron chi connectivity index (χ3n) is 5.04. The highest BCUT2D eigenvalue weighted by atomic mass is 32.1. The van der Waals surface area contributed by atoms with Crippen molar-refractivity contribution in [2.75, 3.05) is 24.7 Å². The molecule has 2 rings (SSSR count). The lowest BCUT2D eigenvalue weighted by Gasteiger charge is -2.46. The lowest BCUT2D eigenvalue weighted by Crippen LogP contribution is -2.64. The maximum Gasteiger partial charge on any atom is 0.187 e. The number of aliphatic hydroxyl groups is 6. The van der Waals surface area contributed by atoms with Gasteiger partial charge in [0, 0.05) is 12.4 Å². The summed E-state index contributed by atoms with van der Waals surface area (Å²) in [7, 11) is 0. The van der Waals surface area contributed by atoms with Crippen molar-refractivity contribution in [1.29, 1.82) is 0 Å². The molecule has 2 saturated heterocycles. The number of ether oxygens (including phenoxy) is 4. The first-order chi connectivity index (χ1) is 13.8. The van der Waals surface area contributed by atoms with Crippen LogP contribution in [-0.2, 0) is 18.9 Å². The predicted molar refractivity (Wildman–Crippen MR) is 107 cm³/mol. The smallest absolute Gasteiger partial charge is 0.187 e. The van der Waals surface area contributed by atoms with Crippen LogP contribution in [0.4, 0.5) is 0 Å². The lowest BCUT2D eigenvalue weighted by atomic mass is 9.97. The van der Waals surface area contributed by atoms with Gasteiger partial charge in [-0.3, -0.25) is 0 Å². The average Bonchev–Trinajstić information content (AvgIpc) is 2.72. The maximum absolute atomic E-state index is 10.5. The van der Waals surface area contributed by atoms with Crippen LogP contribution >= 0.6 is 25.3 Å². The molecule has 10 atom stereocenters. The van der Waals surface area contributed by atoms with Gasteiger partial charge in [0.25, 0.3) is 0 Å². The molecule has 0 aromatic heterocycles. The second kappa shape index (κ2) is 12.4. The van der Waals surface area contributed by atoms with Gasteiger partial charge in [-0.05, 0) is 18.6 Å². The van der Waals surface area contributed by atoms with Gasteiger partial charge in [-0.1, -0.05) is 6.42 Å². The molecule has 6 N–H and O–H groups in total. The summed E-state index contributed by atoms with van der Waals surface area (Å²) in [6, 6.07) is 0. The first kappa shape index (κ1) is 25.6. The van der Waals surface area contributed by atoms with E-state index in [-0.39, 0.29) is 5.75 Å². The number of hydrogen-bond acceptors (Lipinski definition) is 12. The van der Waals surface area contributed by atoms with Gasteiger partial charge >= 0.3 is 0 Å². The van der Waals surface area contributed by atoms with Crippen LogP contribution in [0, 0.1) is 0 Å². The Hall–Kier alpha value is 0.300. The average molecular weight is 461 g/mol. The number of hydrogen-bond donors (Lipinski definition) is 8. The molecule has 0 bridgehead atoms. The lowest BCUT2D eigenvalue weighted by molar-refractivity contribution is -0.356. The SMILES string of the molecule is OCC1O[C@H](OCCCCCS)C(O)C(O)[C@@H]1O[C@@H]1OC(CS)[C@H](O)C(O)C1O. The van der Waals surface area contributed by atoms with Gasteiger partial charge in [0.05, 0.1) is 12.7 Å². The van der Waals surface area contributed by atoms with Crippen molar-refractivity contribution in [1.82, 2.24) is 0 Å². The molecule has 29 heavy (non-hydrogen) atoms. The standard InChI is InChI=1S/C17H32O10S2/c18-6-8-15(27-17-13(22)11(20)10(19)9(7-29)26-17)12(21)14(23)16(25-8)24-4-2-1-3-5-28/h8-23,28-29H,1-7H2/t8?,9?,10-,11?,12?,13?,14?,15+,16-,17-/m0/s1. The minimum atomic E-state index is -1.62. The maximum atomic E-state index is 10.5. The van der Waals surface area contributed by atoms with Crippen LogP contribution in [0.3, 0.4) is 0 Å². The predicted octanol–water partition coefficient (Wildman–Crippen LogP) is -2.34. The van der Waals surface area contributed by atoms with Gasteiger partial charge in [-0.15, -0.1) is 0 Å². The molecule has 0 radical (unpaired) electrons. The molecule has 0 aromatic rings. The second-order valence-corrected chi connectivity index (χ2v) is 7.97. The van der Waals surface area contributed by atoms with Crippen molar-refractivity contribution in [3.05, 3.63) is 0 Å². The van der Waals surface area contributed by atoms with Crippen molar-refractivity contribution in [2.24, 2.45) is 0 Å². The molecule has 0 spiro atoms. The van der Waals surface area contributed by atoms with Crippen molar-refractivity contribution in [2.45, 2.75) is 80.7 Å². The van der Waals surface area contributed by atoms with Crippen LogP contribution in [0.1, 0.15) is 19.3 Å². The summed E-state index contributed by atoms with van der Waals surface area (Å²) >= 11 is 8.15. The Morgan fingerprint density at radius 3 is 2.00 bits per heavy atom. The summed E-state index contributed by atoms with van der Waals surface area (Å²) in [6.07, 6.45) is -10.9. The zero-order valence-electron chi connectivity index (χ0n) is 15.9. The van der Waals surface area contributed by atoms with E-state index >= 15 is 0 Å². The van der Waals surface area contributed by atoms with E-state index in [0.29, 0.717) is 6.61 Å². The molecule has 172 valence electrons. The van der Waals surface area contributed by atoms with Crippen LogP contribution < -0.4 is 0 Å². The van der Waals surface area contributed by atoms with Gasteiger partial charge in [-0.2, -0.15) is 25.3 Å². The highest BCUT2D eigenvalue weighted by Gasteiger charge is 2.50. The molecule has 2 aliphatic rings. The summed E-state index contributed by atoms with van der Waals surface area (Å²) in [6.45, 7) is -0.262. The fourth-order valence-corrected chi connectivity index (χ4v) is 3.81. The van der Waals surface area contributed by atoms with E-state index in [1.807, 2.05) is 0 Å². The summed E-state index contributed by atoms with van der Waals surface area (Å²) in [5.41, 5.74) is 0. The van der Waals surface area contributed by atoms with Crippen LogP contribution in [0.15, 0.2) is 0 Å². The van der Waals surface area contributed by atoms with Crippen LogP contribution in [0.5, 0.6) is 0 Å². The monoisotopic (exact) mass is 460 g/mol. The molecule has 0 aromatic carbocycles. The first-order valence-corrected chi connectivity index (χ1v) is 10.9. The van der Waals surface area contributed by atoms with Gasteiger partial charge in [0.15, 0.2) is 12.6 Å². The number of unbranched alkanes of at least 4 members (excludes halogenated alkanes) is 2. The Bertz CT molecular complexity index is 471. The minimum absolute atomic E-state index is 0.0454. The number of thiol groups is 2. The Kier molecular flexibility index (Phi) is 10.9. The third-order valence-corrected chi connectivity index (χ3v) is 5.72. The normalized spacial score (nSPS) is 43.4. The van der Waals surface area contributed by atoms with Gasteiger partial charge < -0.3 is 49.6 Å². The molecule has 6 unspecified atom stereocenters. The van der Waals surface area contributed by atoms with Gasteiger partial charge in [0.2, 0.25) is 0 Å². The van der Waals surface area contributed by atoms with E-state index in [0.717, 1.165) is 25.0 Å². The molecule has 2 fully saturated rings. The zero-order valence-corrected chi connectivity index (χ0v) is 17.7. The van der Waals surface area contributed by atoms with E-state index in [9.17, 15) is 30.6 Å². The van der Waals surface area contributed by atoms with Crippen molar-refractivity contribution >= 4 is 25.3 Å². The Labute approximate surface area is 180 Å². The van der Waals surface area contributed by atoms with Gasteiger partial charge in [0.1, 0.15) is 42.7 Å². The molecule has 12 heteroatoms. The summed E-state index contributed by atoms with van der Waals surface area (Å²) in [5, 5.41) is 60.5. The fourth-order valence-electron chi connectivity index (χ4n) is 3.28. The van der Waals surface area contributed by atoms with Crippen molar-refractivity contribution < 1.29 is 49.6 Å². The molecule has 0 amide bonds. The summed E-state index contributed by atoms with van der Waals surface area (Å²) < 4.78 is 22.0. The molecular formula is C17H32O10S2. The highest BCUT2D eigenvalue weighted by molar-refractivity contribution is 7.80. The van der Waals surface area contributed by atoms with Crippen LogP contribution in [-0.4, -0.2) is 117 Å². The Morgan fingerprint density at radius 2 is 1.38 bits per heavy atom. The van der Waals surface area contributed by atoms with Gasteiger partial charge in [-0.25, -0.2) is 0 Å². The topological polar surface area (TPSA) is 158 Å². The van der Waals surface area contributed by atoms with E-state index in [4.69, 9.17) is 18.9 Å². The molecule has 2 heterocycles. The minimum Gasteiger partial charge on any atom is -0.394 e. The number of rotatable bonds is 10. The van der Waals surface area contributed by atoms with Crippen molar-refractivity contribution in [3.8, 4) is 0 Å². The highest BCUT2D eigenvalue weighted by Crippen LogP contribution is 2.29. The largest absolute Gasteiger partial charge is 0.394 e. The first-order valence-electron chi connectivity index (χ1n) is 9.66. The number of aliphatic hydroxyl groups excluding tert-OH is 6. The van der Waals surface area contributed by atoms with E-state index < -0.39 is 68.0 Å². The van der Waals surface area contributed by atoms with E-state index in [1.165, 1.54) is 0 Å². The van der Waals surface area contributed by atoms with E-state index in [1.54, 1.807) is 0 Å². The molecule has 0 saturated carbocycles. The van der Waals surface area contributed by atoms with E-state index in [2.05, 4.69) is 25.3 Å². The summed E-state index contributed by atoms with van der Waals surface area (Å²) in [5.74, 6) is 0.811. The quantitative estimate of drug-likeness (QED) is 0.131. The molecule has 2 aliphatic heterocycles. The second-order valence-electron chi connectivity index (χ2n) is 7.16. The summed E-state index contributed by atoms with van der Waals surface area (Å²) in [4.78, 5) is 0. The Morgan fingerprint density at radius 1 is 0.724 bits per heavy atom. The molecular weight excluding hydrogens is 428 g/mol. The van der Waals surface area contributed by atoms with Crippen molar-refractivity contribution in [3.63, 3.8) is 0 Å². The zero-order chi connectivity index (χ0) is 21.6. The molecule has 0 aliphatic carbocycles. The third kappa shape index (κ3) is 6.40. The molecule has 10 nitrogen and oxygen atoms in total. The fraction of sp³-hybridized carbons (Fsp3) is 1.00. The Balaban J connectivity index is 1.98. The van der Waals surface area contributed by atoms with Crippen LogP contribution in [0.2, 0.25) is 0 Å².